The predicted molar refractivity (Wildman–Crippen MR) is 240 cm³/mol. The summed E-state index contributed by atoms with van der Waals surface area (Å²) in [5.74, 6) is 9.36. The summed E-state index contributed by atoms with van der Waals surface area (Å²) in [7, 11) is 0. The fourth-order valence-corrected chi connectivity index (χ4v) is 19.1. The smallest absolute Gasteiger partial charge is 0.0625 e. The van der Waals surface area contributed by atoms with Crippen LogP contribution in [0.15, 0.2) is 0 Å². The highest BCUT2D eigenvalue weighted by Crippen LogP contribution is 2.64. The van der Waals surface area contributed by atoms with Crippen molar-refractivity contribution in [2.24, 2.45) is 59.2 Å². The molecule has 58 heavy (non-hydrogen) atoms. The Morgan fingerprint density at radius 3 is 1.60 bits per heavy atom. The van der Waals surface area contributed by atoms with Gasteiger partial charge in [-0.3, -0.25) is 25.8 Å². The first kappa shape index (κ1) is 40.6. The molecule has 0 radical (unpaired) electrons. The van der Waals surface area contributed by atoms with Crippen LogP contribution in [-0.2, 0) is 0 Å². The van der Waals surface area contributed by atoms with E-state index in [0.29, 0.717) is 24.0 Å². The van der Waals surface area contributed by atoms with Crippen molar-refractivity contribution < 1.29 is 0 Å². The van der Waals surface area contributed by atoms with Gasteiger partial charge in [0.2, 0.25) is 0 Å². The lowest BCUT2D eigenvalue weighted by atomic mass is 9.57. The van der Waals surface area contributed by atoms with Crippen LogP contribution in [0, 0.1) is 59.2 Å². The molecule has 0 aromatic rings. The molecule has 0 aromatic carbocycles. The summed E-state index contributed by atoms with van der Waals surface area (Å²) in [5.41, 5.74) is 0.464. The summed E-state index contributed by atoms with van der Waals surface area (Å²) in [4.78, 5) is 6.82. The van der Waals surface area contributed by atoms with Gasteiger partial charge in [-0.05, 0) is 162 Å². The van der Waals surface area contributed by atoms with Crippen LogP contribution in [0.25, 0.3) is 0 Å². The number of hydrogen-bond acceptors (Lipinski definition) is 5. The largest absolute Gasteiger partial charge is 0.294 e. The number of hydrogen-bond donors (Lipinski definition) is 3. The average Bonchev–Trinajstić information content (AvgIpc) is 3.80. The van der Waals surface area contributed by atoms with Crippen LogP contribution >= 0.6 is 0 Å². The summed E-state index contributed by atoms with van der Waals surface area (Å²) in [6.45, 7) is 5.54. The Morgan fingerprint density at radius 1 is 0.397 bits per heavy atom. The fourth-order valence-electron chi connectivity index (χ4n) is 19.1. The molecule has 3 saturated heterocycles. The predicted octanol–water partition coefficient (Wildman–Crippen LogP) is 11.8. The molecule has 328 valence electrons. The van der Waals surface area contributed by atoms with Gasteiger partial charge < -0.3 is 0 Å². The highest BCUT2D eigenvalue weighted by atomic mass is 15.4. The second-order valence-corrected chi connectivity index (χ2v) is 24.3. The molecule has 14 atom stereocenters. The van der Waals surface area contributed by atoms with Gasteiger partial charge in [0.1, 0.15) is 0 Å². The van der Waals surface area contributed by atoms with Gasteiger partial charge in [-0.2, -0.15) is 0 Å². The zero-order valence-electron chi connectivity index (χ0n) is 37.9. The lowest BCUT2D eigenvalue weighted by Gasteiger charge is -2.52. The summed E-state index contributed by atoms with van der Waals surface area (Å²) >= 11 is 0. The summed E-state index contributed by atoms with van der Waals surface area (Å²) < 4.78 is 0. The Morgan fingerprint density at radius 2 is 0.931 bits per heavy atom. The van der Waals surface area contributed by atoms with Crippen LogP contribution in [0.2, 0.25) is 0 Å². The van der Waals surface area contributed by atoms with Crippen molar-refractivity contribution in [3.63, 3.8) is 0 Å². The van der Waals surface area contributed by atoms with E-state index in [2.05, 4.69) is 39.6 Å². The van der Waals surface area contributed by atoms with Gasteiger partial charge in [0, 0.05) is 35.7 Å². The lowest BCUT2D eigenvalue weighted by Crippen LogP contribution is -2.72. The van der Waals surface area contributed by atoms with Crippen molar-refractivity contribution in [3.05, 3.63) is 0 Å². The lowest BCUT2D eigenvalue weighted by molar-refractivity contribution is -0.0289. The first-order valence-corrected chi connectivity index (χ1v) is 27.4. The van der Waals surface area contributed by atoms with E-state index in [9.17, 15) is 0 Å². The van der Waals surface area contributed by atoms with Gasteiger partial charge in [0.05, 0.1) is 18.5 Å². The standard InChI is InChI=1S/C53H91N5/c1-35-32-47-43(34-42(35)36-18-7-3-8-19-36)49-46(58(47)53(2)30-15-6-16-31-53)29-28-45-48(49)41-26-13-14-27-44(41)57(45)40-25-17-24-39(33-40)52-55-50(37-20-9-4-10-21-37)54-51(56-52)38-22-11-5-12-23-38/h35-52,54-56H,3-34H2,1-2H3. The topological polar surface area (TPSA) is 42.6 Å². The number of likely N-dealkylation sites (tertiary alicyclic amines) is 2. The molecule has 0 bridgehead atoms. The molecule has 11 fully saturated rings. The van der Waals surface area contributed by atoms with E-state index in [1.807, 2.05) is 0 Å². The normalized spacial score (nSPS) is 48.8. The van der Waals surface area contributed by atoms with Gasteiger partial charge in [0.25, 0.3) is 0 Å². The third-order valence-corrected chi connectivity index (χ3v) is 21.4. The molecule has 0 amide bonds. The highest BCUT2D eigenvalue weighted by molar-refractivity contribution is 5.18. The molecule has 3 aliphatic heterocycles. The van der Waals surface area contributed by atoms with Crippen molar-refractivity contribution in [1.82, 2.24) is 25.8 Å². The monoisotopic (exact) mass is 798 g/mol. The van der Waals surface area contributed by atoms with Gasteiger partial charge in [-0.15, -0.1) is 0 Å². The number of nitrogens with one attached hydrogen (secondary N) is 3. The number of rotatable bonds is 6. The second-order valence-electron chi connectivity index (χ2n) is 24.3. The van der Waals surface area contributed by atoms with E-state index < -0.39 is 0 Å². The Balaban J connectivity index is 0.873. The van der Waals surface area contributed by atoms with Gasteiger partial charge in [0.15, 0.2) is 0 Å². The zero-order chi connectivity index (χ0) is 38.8. The van der Waals surface area contributed by atoms with Crippen LogP contribution in [0.3, 0.4) is 0 Å². The molecule has 3 N–H and O–H groups in total. The Hall–Kier alpha value is -0.200. The Labute approximate surface area is 357 Å². The number of fused-ring (bicyclic) bond motifs is 7. The molecule has 5 nitrogen and oxygen atoms in total. The van der Waals surface area contributed by atoms with Gasteiger partial charge in [-0.25, -0.2) is 0 Å². The molecule has 0 aromatic heterocycles. The van der Waals surface area contributed by atoms with E-state index in [4.69, 9.17) is 0 Å². The molecule has 14 unspecified atom stereocenters. The van der Waals surface area contributed by atoms with E-state index in [1.165, 1.54) is 180 Å². The van der Waals surface area contributed by atoms with Crippen molar-refractivity contribution in [2.45, 2.75) is 274 Å². The van der Waals surface area contributed by atoms with Crippen LogP contribution in [0.4, 0.5) is 0 Å². The van der Waals surface area contributed by atoms with Crippen LogP contribution in [0.5, 0.6) is 0 Å². The molecule has 11 aliphatic rings. The quantitative estimate of drug-likeness (QED) is 0.250. The maximum absolute atomic E-state index is 4.37. The first-order chi connectivity index (χ1) is 28.5. The third kappa shape index (κ3) is 7.47. The maximum atomic E-state index is 4.37. The zero-order valence-corrected chi connectivity index (χ0v) is 37.9. The van der Waals surface area contributed by atoms with Crippen molar-refractivity contribution in [2.75, 3.05) is 0 Å². The molecule has 5 heteroatoms. The molecular formula is C53H91N5. The second kappa shape index (κ2) is 17.4. The summed E-state index contributed by atoms with van der Waals surface area (Å²) in [6.07, 6.45) is 49.2. The SMILES string of the molecule is CC1CC2C(CC1C1CCCCC1)C1C3C4CCCCC4N(C4CCCC(C5NC(C6CCCCC6)NC(C6CCCCC6)N5)C4)C3CCC1N2C1(C)CCCCC1. The van der Waals surface area contributed by atoms with E-state index in [0.717, 1.165) is 89.4 Å². The molecule has 8 aliphatic carbocycles. The minimum absolute atomic E-state index is 0.464. The van der Waals surface area contributed by atoms with Crippen molar-refractivity contribution in [1.29, 1.82) is 0 Å². The summed E-state index contributed by atoms with van der Waals surface area (Å²) in [5, 5.41) is 13.0. The van der Waals surface area contributed by atoms with E-state index >= 15 is 0 Å². The minimum atomic E-state index is 0.464. The van der Waals surface area contributed by atoms with Crippen molar-refractivity contribution in [3.8, 4) is 0 Å². The van der Waals surface area contributed by atoms with Gasteiger partial charge >= 0.3 is 0 Å². The highest BCUT2D eigenvalue weighted by Gasteiger charge is 2.66. The van der Waals surface area contributed by atoms with Crippen LogP contribution in [0.1, 0.15) is 219 Å². The van der Waals surface area contributed by atoms with Crippen LogP contribution in [-0.4, -0.2) is 64.0 Å². The average molecular weight is 798 g/mol. The Bertz CT molecular complexity index is 1320. The fraction of sp³-hybridized carbons (Fsp3) is 1.00. The molecule has 8 saturated carbocycles. The molecule has 3 heterocycles. The van der Waals surface area contributed by atoms with Crippen LogP contribution < -0.4 is 16.0 Å². The third-order valence-electron chi connectivity index (χ3n) is 21.4. The van der Waals surface area contributed by atoms with E-state index in [-0.39, 0.29) is 0 Å². The van der Waals surface area contributed by atoms with E-state index in [1.54, 1.807) is 25.7 Å². The molecule has 0 spiro atoms. The first-order valence-electron chi connectivity index (χ1n) is 27.4. The summed E-state index contributed by atoms with van der Waals surface area (Å²) in [6, 6.07) is 4.35. The maximum Gasteiger partial charge on any atom is 0.0625 e. The number of nitrogens with zero attached hydrogens (tertiary/aromatic N) is 2. The molecule has 11 rings (SSSR count). The van der Waals surface area contributed by atoms with Crippen molar-refractivity contribution >= 4 is 0 Å². The molecular weight excluding hydrogens is 707 g/mol. The van der Waals surface area contributed by atoms with Gasteiger partial charge in [-0.1, -0.05) is 116 Å². The minimum Gasteiger partial charge on any atom is -0.294 e. The Kier molecular flexibility index (Phi) is 12.2.